The number of ether oxygens (including phenoxy) is 1. The van der Waals surface area contributed by atoms with E-state index >= 15 is 0 Å². The largest absolute Gasteiger partial charge is 0.383 e. The molecule has 0 radical (unpaired) electrons. The van der Waals surface area contributed by atoms with Crippen LogP contribution in [0.3, 0.4) is 0 Å². The highest BCUT2D eigenvalue weighted by Crippen LogP contribution is 2.22. The number of hydrogen-bond donors (Lipinski definition) is 1. The fraction of sp³-hybridized carbons (Fsp3) is 0.647. The second kappa shape index (κ2) is 9.11. The zero-order chi connectivity index (χ0) is 15.0. The SMILES string of the molecule is CCN(C(C)COC)C(CNC(C)C)c1ccccc1. The van der Waals surface area contributed by atoms with E-state index in [2.05, 4.69) is 68.2 Å². The summed E-state index contributed by atoms with van der Waals surface area (Å²) in [6.07, 6.45) is 0. The van der Waals surface area contributed by atoms with Crippen molar-refractivity contribution in [1.29, 1.82) is 0 Å². The first-order chi connectivity index (χ1) is 9.60. The van der Waals surface area contributed by atoms with Gasteiger partial charge in [0.2, 0.25) is 0 Å². The van der Waals surface area contributed by atoms with Crippen LogP contribution in [0.5, 0.6) is 0 Å². The van der Waals surface area contributed by atoms with Gasteiger partial charge in [0.25, 0.3) is 0 Å². The highest BCUT2D eigenvalue weighted by molar-refractivity contribution is 5.19. The molecule has 0 bridgehead atoms. The molecule has 0 aliphatic carbocycles. The highest BCUT2D eigenvalue weighted by atomic mass is 16.5. The van der Waals surface area contributed by atoms with E-state index in [1.54, 1.807) is 7.11 Å². The molecule has 3 heteroatoms. The Morgan fingerprint density at radius 3 is 2.30 bits per heavy atom. The molecule has 0 aromatic heterocycles. The molecule has 0 saturated heterocycles. The van der Waals surface area contributed by atoms with Gasteiger partial charge in [0.15, 0.2) is 0 Å². The molecule has 2 unspecified atom stereocenters. The first kappa shape index (κ1) is 17.2. The number of rotatable bonds is 9. The van der Waals surface area contributed by atoms with Gasteiger partial charge in [0.1, 0.15) is 0 Å². The van der Waals surface area contributed by atoms with Crippen LogP contribution >= 0.6 is 0 Å². The van der Waals surface area contributed by atoms with E-state index in [-0.39, 0.29) is 0 Å². The van der Waals surface area contributed by atoms with Gasteiger partial charge in [0.05, 0.1) is 6.61 Å². The molecule has 20 heavy (non-hydrogen) atoms. The van der Waals surface area contributed by atoms with Crippen LogP contribution in [-0.4, -0.2) is 43.8 Å². The fourth-order valence-electron chi connectivity index (χ4n) is 2.63. The normalized spacial score (nSPS) is 14.8. The zero-order valence-corrected chi connectivity index (χ0v) is 13.6. The van der Waals surface area contributed by atoms with E-state index in [4.69, 9.17) is 4.74 Å². The summed E-state index contributed by atoms with van der Waals surface area (Å²) in [7, 11) is 1.77. The summed E-state index contributed by atoms with van der Waals surface area (Å²) in [5.41, 5.74) is 1.37. The Morgan fingerprint density at radius 2 is 1.80 bits per heavy atom. The Morgan fingerprint density at radius 1 is 1.15 bits per heavy atom. The molecule has 1 aromatic rings. The molecule has 0 aliphatic heterocycles. The van der Waals surface area contributed by atoms with Crippen LogP contribution in [0, 0.1) is 0 Å². The number of nitrogens with zero attached hydrogens (tertiary/aromatic N) is 1. The third-order valence-corrected chi connectivity index (χ3v) is 3.64. The van der Waals surface area contributed by atoms with Gasteiger partial charge in [-0.25, -0.2) is 0 Å². The van der Waals surface area contributed by atoms with E-state index < -0.39 is 0 Å². The van der Waals surface area contributed by atoms with Crippen LogP contribution in [-0.2, 0) is 4.74 Å². The lowest BCUT2D eigenvalue weighted by Gasteiger charge is -2.36. The number of hydrogen-bond acceptors (Lipinski definition) is 3. The molecule has 1 rings (SSSR count). The van der Waals surface area contributed by atoms with Gasteiger partial charge in [-0.05, 0) is 19.0 Å². The number of likely N-dealkylation sites (N-methyl/N-ethyl adjacent to an activating group) is 1. The van der Waals surface area contributed by atoms with Crippen molar-refractivity contribution < 1.29 is 4.74 Å². The van der Waals surface area contributed by atoms with Crippen molar-refractivity contribution in [2.24, 2.45) is 0 Å². The fourth-order valence-corrected chi connectivity index (χ4v) is 2.63. The molecule has 3 nitrogen and oxygen atoms in total. The molecule has 0 spiro atoms. The summed E-state index contributed by atoms with van der Waals surface area (Å²) in [5, 5.41) is 3.57. The van der Waals surface area contributed by atoms with Crippen molar-refractivity contribution in [2.75, 3.05) is 26.8 Å². The van der Waals surface area contributed by atoms with Crippen molar-refractivity contribution >= 4 is 0 Å². The summed E-state index contributed by atoms with van der Waals surface area (Å²) in [6, 6.07) is 12.0. The maximum atomic E-state index is 5.34. The predicted octanol–water partition coefficient (Wildman–Crippen LogP) is 3.08. The standard InChI is InChI=1S/C17H30N2O/c1-6-19(15(4)13-20-5)17(12-18-14(2)3)16-10-8-7-9-11-16/h7-11,14-15,17-18H,6,12-13H2,1-5H3. The van der Waals surface area contributed by atoms with Crippen molar-refractivity contribution in [2.45, 2.75) is 45.8 Å². The molecule has 114 valence electrons. The van der Waals surface area contributed by atoms with Gasteiger partial charge in [-0.1, -0.05) is 51.1 Å². The Hall–Kier alpha value is -0.900. The second-order valence-corrected chi connectivity index (χ2v) is 5.62. The van der Waals surface area contributed by atoms with Crippen LogP contribution in [0.2, 0.25) is 0 Å². The Balaban J connectivity index is 2.89. The molecule has 0 aliphatic rings. The molecule has 1 N–H and O–H groups in total. The summed E-state index contributed by atoms with van der Waals surface area (Å²) >= 11 is 0. The van der Waals surface area contributed by atoms with Gasteiger partial charge in [-0.15, -0.1) is 0 Å². The lowest BCUT2D eigenvalue weighted by molar-refractivity contribution is 0.0716. The minimum Gasteiger partial charge on any atom is -0.383 e. The Kier molecular flexibility index (Phi) is 7.82. The Bertz CT molecular complexity index is 353. The number of methoxy groups -OCH3 is 1. The average Bonchev–Trinajstić information content (AvgIpc) is 2.44. The molecule has 2 atom stereocenters. The van der Waals surface area contributed by atoms with Crippen molar-refractivity contribution in [3.05, 3.63) is 35.9 Å². The molecule has 1 aromatic carbocycles. The molecule has 0 amide bonds. The third-order valence-electron chi connectivity index (χ3n) is 3.64. The smallest absolute Gasteiger partial charge is 0.0615 e. The number of benzene rings is 1. The predicted molar refractivity (Wildman–Crippen MR) is 86.0 cm³/mol. The number of nitrogens with one attached hydrogen (secondary N) is 1. The summed E-state index contributed by atoms with van der Waals surface area (Å²) in [4.78, 5) is 2.51. The quantitative estimate of drug-likeness (QED) is 0.751. The topological polar surface area (TPSA) is 24.5 Å². The van der Waals surface area contributed by atoms with E-state index in [9.17, 15) is 0 Å². The van der Waals surface area contributed by atoms with E-state index in [1.165, 1.54) is 5.56 Å². The molecule has 0 fully saturated rings. The lowest BCUT2D eigenvalue weighted by atomic mass is 10.0. The minimum atomic E-state index is 0.383. The van der Waals surface area contributed by atoms with Crippen molar-refractivity contribution in [3.63, 3.8) is 0 Å². The maximum absolute atomic E-state index is 5.34. The third kappa shape index (κ3) is 5.23. The van der Waals surface area contributed by atoms with Crippen molar-refractivity contribution in [3.8, 4) is 0 Å². The lowest BCUT2D eigenvalue weighted by Crippen LogP contribution is -2.44. The second-order valence-electron chi connectivity index (χ2n) is 5.62. The monoisotopic (exact) mass is 278 g/mol. The van der Waals surface area contributed by atoms with Crippen LogP contribution in [0.15, 0.2) is 30.3 Å². The average molecular weight is 278 g/mol. The van der Waals surface area contributed by atoms with Gasteiger partial charge in [0, 0.05) is 31.8 Å². The highest BCUT2D eigenvalue weighted by Gasteiger charge is 2.23. The summed E-state index contributed by atoms with van der Waals surface area (Å²) < 4.78 is 5.34. The van der Waals surface area contributed by atoms with E-state index in [1.807, 2.05) is 0 Å². The van der Waals surface area contributed by atoms with Gasteiger partial charge in [-0.2, -0.15) is 0 Å². The molecule has 0 saturated carbocycles. The van der Waals surface area contributed by atoms with Crippen LogP contribution in [0.4, 0.5) is 0 Å². The molecular formula is C17H30N2O. The van der Waals surface area contributed by atoms with Crippen LogP contribution < -0.4 is 5.32 Å². The summed E-state index contributed by atoms with van der Waals surface area (Å²) in [6.45, 7) is 11.6. The van der Waals surface area contributed by atoms with E-state index in [0.29, 0.717) is 18.1 Å². The van der Waals surface area contributed by atoms with E-state index in [0.717, 1.165) is 19.7 Å². The molecular weight excluding hydrogens is 248 g/mol. The maximum Gasteiger partial charge on any atom is 0.0615 e. The summed E-state index contributed by atoms with van der Waals surface area (Å²) in [5.74, 6) is 0. The minimum absolute atomic E-state index is 0.383. The first-order valence-electron chi connectivity index (χ1n) is 7.63. The molecule has 0 heterocycles. The van der Waals surface area contributed by atoms with Crippen LogP contribution in [0.1, 0.15) is 39.3 Å². The Labute approximate surface area is 124 Å². The van der Waals surface area contributed by atoms with Crippen molar-refractivity contribution in [1.82, 2.24) is 10.2 Å². The van der Waals surface area contributed by atoms with Gasteiger partial charge in [-0.3, -0.25) is 4.90 Å². The van der Waals surface area contributed by atoms with Gasteiger partial charge < -0.3 is 10.1 Å². The van der Waals surface area contributed by atoms with Crippen LogP contribution in [0.25, 0.3) is 0 Å². The van der Waals surface area contributed by atoms with Gasteiger partial charge >= 0.3 is 0 Å². The zero-order valence-electron chi connectivity index (χ0n) is 13.6. The first-order valence-corrected chi connectivity index (χ1v) is 7.63.